The summed E-state index contributed by atoms with van der Waals surface area (Å²) in [6, 6.07) is 6.15. The molecule has 0 aliphatic heterocycles. The normalized spacial score (nSPS) is 9.72. The first-order valence-electron chi connectivity index (χ1n) is 9.27. The Morgan fingerprint density at radius 1 is 0.960 bits per heavy atom. The maximum atomic E-state index is 5.32. The van der Waals surface area contributed by atoms with E-state index >= 15 is 0 Å². The Hall–Kier alpha value is -2.02. The molecule has 0 unspecified atom stereocenters. The van der Waals surface area contributed by atoms with Crippen LogP contribution in [0.4, 0.5) is 0 Å². The molecule has 1 aromatic carbocycles. The highest BCUT2D eigenvalue weighted by Gasteiger charge is 2.24. The minimum absolute atomic E-state index is 0.139. The lowest BCUT2D eigenvalue weighted by Crippen LogP contribution is -2.19. The van der Waals surface area contributed by atoms with Gasteiger partial charge in [0.25, 0.3) is 0 Å². The van der Waals surface area contributed by atoms with E-state index in [9.17, 15) is 0 Å². The molecular weight excluding hydrogens is 304 g/mol. The molecule has 0 fully saturated rings. The van der Waals surface area contributed by atoms with Gasteiger partial charge in [0.2, 0.25) is 0 Å². The molecule has 0 aliphatic rings. The number of allylic oxidation sites excluding steroid dienone is 4. The van der Waals surface area contributed by atoms with Gasteiger partial charge in [-0.25, -0.2) is 0 Å². The Morgan fingerprint density at radius 2 is 1.48 bits per heavy atom. The molecule has 0 heterocycles. The number of rotatable bonds is 6. The molecule has 0 radical (unpaired) electrons. The van der Waals surface area contributed by atoms with Crippen LogP contribution in [0.1, 0.15) is 66.5 Å². The van der Waals surface area contributed by atoms with E-state index in [1.807, 2.05) is 65.8 Å². The largest absolute Gasteiger partial charge is 0.496 e. The van der Waals surface area contributed by atoms with Crippen molar-refractivity contribution in [2.75, 3.05) is 7.11 Å². The van der Waals surface area contributed by atoms with Crippen molar-refractivity contribution in [3.63, 3.8) is 0 Å². The first kappa shape index (κ1) is 27.8. The number of benzene rings is 1. The van der Waals surface area contributed by atoms with Gasteiger partial charge in [0.1, 0.15) is 5.75 Å². The van der Waals surface area contributed by atoms with Crippen molar-refractivity contribution in [3.05, 3.63) is 72.9 Å². The van der Waals surface area contributed by atoms with Crippen LogP contribution in [0.5, 0.6) is 5.75 Å². The number of hydrogen-bond donors (Lipinski definition) is 0. The average Bonchev–Trinajstić information content (AvgIpc) is 2.69. The van der Waals surface area contributed by atoms with Gasteiger partial charge in [-0.15, -0.1) is 0 Å². The minimum atomic E-state index is -0.139. The van der Waals surface area contributed by atoms with Gasteiger partial charge < -0.3 is 4.74 Å². The van der Waals surface area contributed by atoms with Gasteiger partial charge in [-0.2, -0.15) is 0 Å². The van der Waals surface area contributed by atoms with Crippen LogP contribution in [0.3, 0.4) is 0 Å². The Balaban J connectivity index is -0.000000725. The molecule has 0 bridgehead atoms. The summed E-state index contributed by atoms with van der Waals surface area (Å²) in [7, 11) is 1.67. The highest BCUT2D eigenvalue weighted by Crippen LogP contribution is 2.35. The summed E-state index contributed by atoms with van der Waals surface area (Å²) in [5, 5.41) is 0. The van der Waals surface area contributed by atoms with Crippen molar-refractivity contribution in [1.82, 2.24) is 0 Å². The second-order valence-electron chi connectivity index (χ2n) is 4.85. The third kappa shape index (κ3) is 8.58. The Labute approximate surface area is 157 Å². The highest BCUT2D eigenvalue weighted by atomic mass is 16.5. The fourth-order valence-corrected chi connectivity index (χ4v) is 2.11. The van der Waals surface area contributed by atoms with Gasteiger partial charge >= 0.3 is 0 Å². The third-order valence-corrected chi connectivity index (χ3v) is 3.41. The molecule has 0 amide bonds. The van der Waals surface area contributed by atoms with Gasteiger partial charge in [0.05, 0.1) is 7.11 Å². The molecule has 25 heavy (non-hydrogen) atoms. The van der Waals surface area contributed by atoms with Crippen LogP contribution in [0.15, 0.2) is 61.7 Å². The minimum Gasteiger partial charge on any atom is -0.496 e. The lowest BCUT2D eigenvalue weighted by Gasteiger charge is -2.27. The molecule has 0 N–H and O–H groups in total. The van der Waals surface area contributed by atoms with Crippen LogP contribution >= 0.6 is 0 Å². The zero-order valence-corrected chi connectivity index (χ0v) is 18.1. The molecule has 1 nitrogen and oxygen atoms in total. The predicted octanol–water partition coefficient (Wildman–Crippen LogP) is 7.99. The summed E-state index contributed by atoms with van der Waals surface area (Å²) in [4.78, 5) is 0. The zero-order valence-electron chi connectivity index (χ0n) is 18.1. The molecule has 0 atom stereocenters. The van der Waals surface area contributed by atoms with Gasteiger partial charge in [-0.3, -0.25) is 0 Å². The Bertz CT molecular complexity index is 519. The maximum Gasteiger partial charge on any atom is 0.126 e. The van der Waals surface area contributed by atoms with Crippen molar-refractivity contribution >= 4 is 6.08 Å². The van der Waals surface area contributed by atoms with E-state index in [4.69, 9.17) is 4.74 Å². The van der Waals surface area contributed by atoms with Crippen molar-refractivity contribution in [2.24, 2.45) is 0 Å². The number of ether oxygens (including phenoxy) is 1. The summed E-state index contributed by atoms with van der Waals surface area (Å²) in [5.41, 5.74) is 3.17. The van der Waals surface area contributed by atoms with Gasteiger partial charge in [-0.1, -0.05) is 105 Å². The first-order valence-corrected chi connectivity index (χ1v) is 9.27. The fourth-order valence-electron chi connectivity index (χ4n) is 2.11. The molecule has 1 aromatic rings. The standard InChI is InChI=1S/C18H22O.3C2H6/c1-7-10-15(9-3)18(4,5)16-11-12-17(19-6)14(8-2)13-16;3*1-2/h7-13H,1-3H2,4-6H3;3*1-2H3/b15-10+;;;. The van der Waals surface area contributed by atoms with Gasteiger partial charge in [0.15, 0.2) is 0 Å². The topological polar surface area (TPSA) is 9.23 Å². The van der Waals surface area contributed by atoms with E-state index in [1.165, 1.54) is 5.56 Å². The van der Waals surface area contributed by atoms with Crippen molar-refractivity contribution in [3.8, 4) is 5.75 Å². The molecular formula is C24H40O. The smallest absolute Gasteiger partial charge is 0.126 e. The lowest BCUT2D eigenvalue weighted by molar-refractivity contribution is 0.413. The second kappa shape index (κ2) is 16.8. The van der Waals surface area contributed by atoms with Gasteiger partial charge in [0, 0.05) is 11.0 Å². The van der Waals surface area contributed by atoms with E-state index in [0.717, 1.165) is 16.9 Å². The summed E-state index contributed by atoms with van der Waals surface area (Å²) >= 11 is 0. The number of hydrogen-bond acceptors (Lipinski definition) is 1. The molecule has 1 heteroatoms. The fraction of sp³-hybridized carbons (Fsp3) is 0.417. The molecule has 0 spiro atoms. The van der Waals surface area contributed by atoms with E-state index < -0.39 is 0 Å². The lowest BCUT2D eigenvalue weighted by atomic mass is 9.77. The molecule has 0 aliphatic carbocycles. The molecule has 0 saturated carbocycles. The van der Waals surface area contributed by atoms with E-state index in [-0.39, 0.29) is 5.41 Å². The second-order valence-corrected chi connectivity index (χ2v) is 4.85. The summed E-state index contributed by atoms with van der Waals surface area (Å²) < 4.78 is 5.32. The third-order valence-electron chi connectivity index (χ3n) is 3.41. The first-order chi connectivity index (χ1) is 12.0. The van der Waals surface area contributed by atoms with Crippen LogP contribution in [0.25, 0.3) is 6.08 Å². The zero-order chi connectivity index (χ0) is 20.5. The Morgan fingerprint density at radius 3 is 1.84 bits per heavy atom. The molecule has 0 saturated heterocycles. The van der Waals surface area contributed by atoms with E-state index in [2.05, 4.69) is 45.7 Å². The molecule has 142 valence electrons. The van der Waals surface area contributed by atoms with Crippen LogP contribution in [-0.2, 0) is 5.41 Å². The SMILES string of the molecule is C=C/C=C(\C=C)C(C)(C)c1ccc(OC)c(C=C)c1.CC.CC.CC. The summed E-state index contributed by atoms with van der Waals surface area (Å²) in [6.45, 7) is 27.8. The van der Waals surface area contributed by atoms with Crippen molar-refractivity contribution in [2.45, 2.75) is 60.8 Å². The average molecular weight is 345 g/mol. The predicted molar refractivity (Wildman–Crippen MR) is 119 cm³/mol. The molecule has 0 aromatic heterocycles. The van der Waals surface area contributed by atoms with Crippen LogP contribution in [-0.4, -0.2) is 7.11 Å². The Kier molecular flexibility index (Phi) is 18.7. The summed E-state index contributed by atoms with van der Waals surface area (Å²) in [6.07, 6.45) is 7.46. The van der Waals surface area contributed by atoms with Crippen LogP contribution in [0.2, 0.25) is 0 Å². The van der Waals surface area contributed by atoms with Gasteiger partial charge in [-0.05, 0) is 23.3 Å². The highest BCUT2D eigenvalue weighted by molar-refractivity contribution is 5.58. The van der Waals surface area contributed by atoms with Crippen LogP contribution in [0, 0.1) is 0 Å². The number of methoxy groups -OCH3 is 1. The van der Waals surface area contributed by atoms with Crippen molar-refractivity contribution in [1.29, 1.82) is 0 Å². The monoisotopic (exact) mass is 344 g/mol. The molecule has 1 rings (SSSR count). The van der Waals surface area contributed by atoms with E-state index in [1.54, 1.807) is 13.2 Å². The van der Waals surface area contributed by atoms with Crippen LogP contribution < -0.4 is 4.74 Å². The maximum absolute atomic E-state index is 5.32. The summed E-state index contributed by atoms with van der Waals surface area (Å²) in [5.74, 6) is 0.836. The van der Waals surface area contributed by atoms with Crippen molar-refractivity contribution < 1.29 is 4.74 Å². The van der Waals surface area contributed by atoms with E-state index in [0.29, 0.717) is 0 Å². The quantitative estimate of drug-likeness (QED) is 0.475.